The van der Waals surface area contributed by atoms with E-state index in [1.54, 1.807) is 19.1 Å². The third-order valence-corrected chi connectivity index (χ3v) is 4.53. The maximum atomic E-state index is 12.2. The Morgan fingerprint density at radius 3 is 2.42 bits per heavy atom. The lowest BCUT2D eigenvalue weighted by atomic mass is 10.1. The number of esters is 1. The van der Waals surface area contributed by atoms with Crippen molar-refractivity contribution in [1.82, 2.24) is 0 Å². The Kier molecular flexibility index (Phi) is 9.26. The fourth-order valence-corrected chi connectivity index (χ4v) is 3.28. The minimum absolute atomic E-state index is 0.180. The maximum absolute atomic E-state index is 12.2. The second-order valence-corrected chi connectivity index (χ2v) is 6.49. The first-order valence-corrected chi connectivity index (χ1v) is 9.20. The number of hydrogen-bond donors (Lipinski definition) is 1. The molecule has 1 rings (SSSR count). The fraction of sp³-hybridized carbons (Fsp3) is 0.737. The van der Waals surface area contributed by atoms with Gasteiger partial charge in [-0.25, -0.2) is 4.79 Å². The molecule has 1 aliphatic carbocycles. The van der Waals surface area contributed by atoms with E-state index in [0.717, 1.165) is 43.5 Å². The van der Waals surface area contributed by atoms with Crippen LogP contribution in [0.25, 0.3) is 0 Å². The van der Waals surface area contributed by atoms with E-state index in [2.05, 4.69) is 20.8 Å². The lowest BCUT2D eigenvalue weighted by Crippen LogP contribution is -2.51. The smallest absolute Gasteiger partial charge is 0.337 e. The molecule has 5 nitrogen and oxygen atoms in total. The SMILES string of the molecule is CCC[N+](CC)(CCC)CCOC(=O)C1=CCC(OC(C)O)C=C1. The van der Waals surface area contributed by atoms with E-state index in [-0.39, 0.29) is 12.1 Å². The van der Waals surface area contributed by atoms with Crippen LogP contribution in [0, 0.1) is 0 Å². The van der Waals surface area contributed by atoms with Crippen LogP contribution in [0.3, 0.4) is 0 Å². The van der Waals surface area contributed by atoms with Crippen LogP contribution in [0.15, 0.2) is 23.8 Å². The molecule has 0 aromatic carbocycles. The lowest BCUT2D eigenvalue weighted by molar-refractivity contribution is -0.926. The molecular formula is C19H34NO4+. The monoisotopic (exact) mass is 340 g/mol. The Hall–Kier alpha value is -1.17. The summed E-state index contributed by atoms with van der Waals surface area (Å²) in [6, 6.07) is 0. The van der Waals surface area contributed by atoms with Crippen LogP contribution in [0.1, 0.15) is 47.0 Å². The fourth-order valence-electron chi connectivity index (χ4n) is 3.28. The zero-order valence-electron chi connectivity index (χ0n) is 15.7. The van der Waals surface area contributed by atoms with Crippen LogP contribution in [-0.4, -0.2) is 60.7 Å². The van der Waals surface area contributed by atoms with Crippen LogP contribution < -0.4 is 0 Å². The summed E-state index contributed by atoms with van der Waals surface area (Å²) in [6.45, 7) is 12.8. The van der Waals surface area contributed by atoms with Crippen molar-refractivity contribution >= 4 is 5.97 Å². The molecule has 1 aliphatic rings. The standard InChI is InChI=1S/C19H34NO4/c1-5-12-20(7-3,13-6-2)14-15-23-19(22)17-8-10-18(11-9-17)24-16(4)21/h8-10,16,18,21H,5-7,11-15H2,1-4H3/q+1. The van der Waals surface area contributed by atoms with Gasteiger partial charge in [-0.1, -0.05) is 26.0 Å². The second kappa shape index (κ2) is 10.6. The molecule has 0 saturated heterocycles. The van der Waals surface area contributed by atoms with Gasteiger partial charge in [0.25, 0.3) is 0 Å². The molecule has 5 heteroatoms. The summed E-state index contributed by atoms with van der Waals surface area (Å²) in [5.74, 6) is -0.274. The van der Waals surface area contributed by atoms with Crippen LogP contribution >= 0.6 is 0 Å². The van der Waals surface area contributed by atoms with Gasteiger partial charge in [-0.15, -0.1) is 0 Å². The van der Waals surface area contributed by atoms with Gasteiger partial charge in [0.15, 0.2) is 6.29 Å². The summed E-state index contributed by atoms with van der Waals surface area (Å²) in [7, 11) is 0. The molecular weight excluding hydrogens is 306 g/mol. The first kappa shape index (κ1) is 20.9. The van der Waals surface area contributed by atoms with Gasteiger partial charge >= 0.3 is 5.97 Å². The van der Waals surface area contributed by atoms with Crippen LogP contribution in [-0.2, 0) is 14.3 Å². The van der Waals surface area contributed by atoms with Crippen molar-refractivity contribution in [3.63, 3.8) is 0 Å². The molecule has 2 unspecified atom stereocenters. The van der Waals surface area contributed by atoms with Gasteiger partial charge in [-0.3, -0.25) is 0 Å². The van der Waals surface area contributed by atoms with E-state index >= 15 is 0 Å². The van der Waals surface area contributed by atoms with E-state index in [4.69, 9.17) is 9.47 Å². The Balaban J connectivity index is 2.46. The molecule has 0 radical (unpaired) electrons. The number of carbonyl (C=O) groups excluding carboxylic acids is 1. The Morgan fingerprint density at radius 1 is 1.29 bits per heavy atom. The van der Waals surface area contributed by atoms with Crippen molar-refractivity contribution in [2.75, 3.05) is 32.8 Å². The molecule has 0 spiro atoms. The van der Waals surface area contributed by atoms with Crippen LogP contribution in [0.5, 0.6) is 0 Å². The second-order valence-electron chi connectivity index (χ2n) is 6.49. The number of rotatable bonds is 11. The Morgan fingerprint density at radius 2 is 1.96 bits per heavy atom. The molecule has 138 valence electrons. The molecule has 1 N–H and O–H groups in total. The highest BCUT2D eigenvalue weighted by Gasteiger charge is 2.24. The van der Waals surface area contributed by atoms with E-state index in [9.17, 15) is 9.90 Å². The number of likely N-dealkylation sites (N-methyl/N-ethyl adjacent to an activating group) is 1. The molecule has 24 heavy (non-hydrogen) atoms. The topological polar surface area (TPSA) is 55.8 Å². The minimum Gasteiger partial charge on any atom is -0.456 e. The molecule has 0 fully saturated rings. The summed E-state index contributed by atoms with van der Waals surface area (Å²) in [5, 5.41) is 9.21. The largest absolute Gasteiger partial charge is 0.456 e. The Bertz CT molecular complexity index is 437. The number of carbonyl (C=O) groups is 1. The molecule has 0 amide bonds. The summed E-state index contributed by atoms with van der Waals surface area (Å²) in [6.07, 6.45) is 7.20. The highest BCUT2D eigenvalue weighted by Crippen LogP contribution is 2.16. The summed E-state index contributed by atoms with van der Waals surface area (Å²) in [4.78, 5) is 12.2. The van der Waals surface area contributed by atoms with Gasteiger partial charge in [0, 0.05) is 0 Å². The van der Waals surface area contributed by atoms with Crippen molar-refractivity contribution in [2.24, 2.45) is 0 Å². The summed E-state index contributed by atoms with van der Waals surface area (Å²) >= 11 is 0. The number of hydrogen-bond acceptors (Lipinski definition) is 4. The highest BCUT2D eigenvalue weighted by atomic mass is 16.6. The third kappa shape index (κ3) is 6.75. The van der Waals surface area contributed by atoms with E-state index in [1.165, 1.54) is 0 Å². The Labute approximate surface area is 146 Å². The van der Waals surface area contributed by atoms with E-state index < -0.39 is 6.29 Å². The third-order valence-electron chi connectivity index (χ3n) is 4.53. The molecule has 0 aromatic rings. The van der Waals surface area contributed by atoms with Crippen LogP contribution in [0.4, 0.5) is 0 Å². The van der Waals surface area contributed by atoms with Crippen molar-refractivity contribution in [3.8, 4) is 0 Å². The zero-order valence-corrected chi connectivity index (χ0v) is 15.7. The normalized spacial score (nSPS) is 19.0. The predicted octanol–water partition coefficient (Wildman–Crippen LogP) is 2.80. The van der Waals surface area contributed by atoms with Gasteiger partial charge in [0.05, 0.1) is 31.3 Å². The summed E-state index contributed by atoms with van der Waals surface area (Å²) in [5.41, 5.74) is 0.570. The lowest BCUT2D eigenvalue weighted by Gasteiger charge is -2.37. The molecule has 0 aliphatic heterocycles. The van der Waals surface area contributed by atoms with E-state index in [0.29, 0.717) is 18.6 Å². The van der Waals surface area contributed by atoms with E-state index in [1.807, 2.05) is 6.08 Å². The zero-order chi connectivity index (χ0) is 18.0. The maximum Gasteiger partial charge on any atom is 0.337 e. The molecule has 0 bridgehead atoms. The van der Waals surface area contributed by atoms with Crippen molar-refractivity contribution in [2.45, 2.75) is 59.4 Å². The predicted molar refractivity (Wildman–Crippen MR) is 95.3 cm³/mol. The summed E-state index contributed by atoms with van der Waals surface area (Å²) < 4.78 is 11.8. The van der Waals surface area contributed by atoms with Gasteiger partial charge in [0.2, 0.25) is 0 Å². The van der Waals surface area contributed by atoms with Gasteiger partial charge in [-0.05, 0) is 39.2 Å². The molecule has 2 atom stereocenters. The first-order chi connectivity index (χ1) is 11.5. The van der Waals surface area contributed by atoms with Crippen molar-refractivity contribution in [3.05, 3.63) is 23.8 Å². The number of quaternary nitrogens is 1. The number of nitrogens with zero attached hydrogens (tertiary/aromatic N) is 1. The van der Waals surface area contributed by atoms with Crippen molar-refractivity contribution in [1.29, 1.82) is 0 Å². The quantitative estimate of drug-likeness (QED) is 0.357. The average molecular weight is 340 g/mol. The van der Waals surface area contributed by atoms with Gasteiger partial charge < -0.3 is 19.1 Å². The number of ether oxygens (including phenoxy) is 2. The molecule has 0 heterocycles. The van der Waals surface area contributed by atoms with Crippen LogP contribution in [0.2, 0.25) is 0 Å². The highest BCUT2D eigenvalue weighted by molar-refractivity contribution is 5.91. The van der Waals surface area contributed by atoms with Gasteiger partial charge in [-0.2, -0.15) is 0 Å². The molecule has 0 saturated carbocycles. The molecule has 0 aromatic heterocycles. The average Bonchev–Trinajstić information content (AvgIpc) is 2.55. The first-order valence-electron chi connectivity index (χ1n) is 9.20. The van der Waals surface area contributed by atoms with Crippen molar-refractivity contribution < 1.29 is 23.9 Å². The minimum atomic E-state index is -0.807. The van der Waals surface area contributed by atoms with Gasteiger partial charge in [0.1, 0.15) is 13.2 Å². The number of aliphatic hydroxyl groups is 1. The number of aliphatic hydroxyl groups excluding tert-OH is 1.